The van der Waals surface area contributed by atoms with Gasteiger partial charge in [-0.2, -0.15) is 0 Å². The molecule has 0 unspecified atom stereocenters. The van der Waals surface area contributed by atoms with Gasteiger partial charge in [0.1, 0.15) is 18.6 Å². The summed E-state index contributed by atoms with van der Waals surface area (Å²) in [5, 5.41) is 10.9. The monoisotopic (exact) mass is 348 g/mol. The molecule has 0 radical (unpaired) electrons. The fourth-order valence-corrected chi connectivity index (χ4v) is 2.52. The lowest BCUT2D eigenvalue weighted by Gasteiger charge is -2.09. The van der Waals surface area contributed by atoms with E-state index in [2.05, 4.69) is 20.5 Å². The van der Waals surface area contributed by atoms with Crippen LogP contribution in [0.5, 0.6) is 5.75 Å². The molecule has 0 atom stereocenters. The average Bonchev–Trinajstić information content (AvgIpc) is 3.19. The van der Waals surface area contributed by atoms with Crippen LogP contribution in [0, 0.1) is 0 Å². The third-order valence-electron chi connectivity index (χ3n) is 3.72. The van der Waals surface area contributed by atoms with Gasteiger partial charge in [-0.1, -0.05) is 12.1 Å². The highest BCUT2D eigenvalue weighted by Crippen LogP contribution is 2.15. The van der Waals surface area contributed by atoms with Gasteiger partial charge in [-0.05, 0) is 46.8 Å². The maximum atomic E-state index is 12.3. The topological polar surface area (TPSA) is 105 Å². The van der Waals surface area contributed by atoms with Crippen LogP contribution in [-0.2, 0) is 11.3 Å². The Kier molecular flexibility index (Phi) is 3.94. The van der Waals surface area contributed by atoms with Gasteiger partial charge in [0.05, 0.1) is 22.9 Å². The minimum atomic E-state index is -0.557. The molecule has 128 valence electrons. The van der Waals surface area contributed by atoms with Crippen LogP contribution in [0.25, 0.3) is 16.7 Å². The summed E-state index contributed by atoms with van der Waals surface area (Å²) < 4.78 is 8.13. The summed E-state index contributed by atoms with van der Waals surface area (Å²) in [5.41, 5.74) is 1.57. The van der Waals surface area contributed by atoms with Crippen molar-refractivity contribution in [1.29, 1.82) is 0 Å². The van der Waals surface area contributed by atoms with E-state index in [1.54, 1.807) is 42.5 Å². The lowest BCUT2D eigenvalue weighted by Crippen LogP contribution is -2.26. The summed E-state index contributed by atoms with van der Waals surface area (Å²) in [6.07, 6.45) is 2.65. The average molecular weight is 348 g/mol. The minimum absolute atomic E-state index is 0.212. The molecule has 2 aromatic carbocycles. The minimum Gasteiger partial charge on any atom is -0.425 e. The zero-order chi connectivity index (χ0) is 17.9. The van der Waals surface area contributed by atoms with Crippen molar-refractivity contribution in [3.8, 4) is 11.4 Å². The Morgan fingerprint density at radius 2 is 1.88 bits per heavy atom. The number of hydrogen-bond acceptors (Lipinski definition) is 7. The van der Waals surface area contributed by atoms with Gasteiger partial charge in [-0.15, -0.1) is 5.10 Å². The maximum absolute atomic E-state index is 12.3. The number of hydrogen-bond donors (Lipinski definition) is 0. The van der Waals surface area contributed by atoms with Crippen LogP contribution in [0.15, 0.2) is 65.8 Å². The van der Waals surface area contributed by atoms with Crippen LogP contribution in [0.2, 0.25) is 0 Å². The highest BCUT2D eigenvalue weighted by Gasteiger charge is 2.11. The van der Waals surface area contributed by atoms with Gasteiger partial charge < -0.3 is 4.74 Å². The van der Waals surface area contributed by atoms with E-state index < -0.39 is 5.97 Å². The van der Waals surface area contributed by atoms with Crippen molar-refractivity contribution in [1.82, 2.24) is 29.8 Å². The summed E-state index contributed by atoms with van der Waals surface area (Å²) in [5.74, 6) is -0.197. The van der Waals surface area contributed by atoms with E-state index in [0.29, 0.717) is 16.8 Å². The Hall–Kier alpha value is -3.88. The number of benzene rings is 2. The Labute approximate surface area is 146 Å². The Morgan fingerprint density at radius 1 is 1.08 bits per heavy atom. The first-order valence-corrected chi connectivity index (χ1v) is 7.69. The molecule has 0 amide bonds. The predicted octanol–water partition coefficient (Wildman–Crippen LogP) is 0.978. The number of para-hydroxylation sites is 2. The summed E-state index contributed by atoms with van der Waals surface area (Å²) in [6.45, 7) is -0.212. The van der Waals surface area contributed by atoms with Crippen LogP contribution in [-0.4, -0.2) is 35.7 Å². The van der Waals surface area contributed by atoms with Crippen molar-refractivity contribution < 1.29 is 9.53 Å². The molecule has 0 aliphatic rings. The number of nitrogens with zero attached hydrogens (tertiary/aromatic N) is 6. The Morgan fingerprint density at radius 3 is 2.65 bits per heavy atom. The highest BCUT2D eigenvalue weighted by molar-refractivity contribution is 5.78. The summed E-state index contributed by atoms with van der Waals surface area (Å²) in [7, 11) is 0. The van der Waals surface area contributed by atoms with Crippen molar-refractivity contribution in [3.63, 3.8) is 0 Å². The molecule has 26 heavy (non-hydrogen) atoms. The quantitative estimate of drug-likeness (QED) is 0.400. The molecule has 9 nitrogen and oxygen atoms in total. The van der Waals surface area contributed by atoms with Crippen LogP contribution in [0.1, 0.15) is 0 Å². The van der Waals surface area contributed by atoms with Crippen molar-refractivity contribution in [2.45, 2.75) is 6.54 Å². The number of rotatable bonds is 4. The Balaban J connectivity index is 1.53. The van der Waals surface area contributed by atoms with E-state index >= 15 is 0 Å². The molecule has 0 aliphatic heterocycles. The van der Waals surface area contributed by atoms with Crippen molar-refractivity contribution in [2.75, 3.05) is 0 Å². The predicted molar refractivity (Wildman–Crippen MR) is 90.8 cm³/mol. The van der Waals surface area contributed by atoms with Crippen LogP contribution >= 0.6 is 0 Å². The molecule has 0 spiro atoms. The van der Waals surface area contributed by atoms with Crippen molar-refractivity contribution in [3.05, 3.63) is 71.4 Å². The first kappa shape index (κ1) is 15.6. The van der Waals surface area contributed by atoms with E-state index in [1.807, 2.05) is 6.07 Å². The zero-order valence-corrected chi connectivity index (χ0v) is 13.4. The molecule has 2 aromatic heterocycles. The molecule has 4 aromatic rings. The number of carbonyl (C=O) groups excluding carboxylic acids is 1. The first-order chi connectivity index (χ1) is 12.7. The molecule has 0 bridgehead atoms. The fourth-order valence-electron chi connectivity index (χ4n) is 2.52. The molecular weight excluding hydrogens is 336 g/mol. The largest absolute Gasteiger partial charge is 0.425 e. The lowest BCUT2D eigenvalue weighted by atomic mass is 10.3. The molecule has 0 aliphatic carbocycles. The third kappa shape index (κ3) is 3.05. The van der Waals surface area contributed by atoms with E-state index in [1.165, 1.54) is 21.8 Å². The number of tetrazole rings is 1. The van der Waals surface area contributed by atoms with Gasteiger partial charge in [0.2, 0.25) is 0 Å². The summed E-state index contributed by atoms with van der Waals surface area (Å²) in [6, 6.07) is 13.8. The first-order valence-electron chi connectivity index (χ1n) is 7.69. The van der Waals surface area contributed by atoms with Gasteiger partial charge in [0.15, 0.2) is 0 Å². The van der Waals surface area contributed by atoms with E-state index in [-0.39, 0.29) is 12.1 Å². The second-order valence-corrected chi connectivity index (χ2v) is 5.39. The fraction of sp³-hybridized carbons (Fsp3) is 0.0588. The molecule has 0 saturated carbocycles. The number of fused-ring (bicyclic) bond motifs is 1. The molecular formula is C17H12N6O3. The molecule has 0 N–H and O–H groups in total. The number of carbonyl (C=O) groups is 1. The van der Waals surface area contributed by atoms with E-state index in [9.17, 15) is 9.59 Å². The smallest absolute Gasteiger partial charge is 0.331 e. The molecule has 4 rings (SSSR count). The lowest BCUT2D eigenvalue weighted by molar-refractivity contribution is -0.135. The highest BCUT2D eigenvalue weighted by atomic mass is 16.5. The van der Waals surface area contributed by atoms with Crippen LogP contribution in [0.4, 0.5) is 0 Å². The van der Waals surface area contributed by atoms with Crippen LogP contribution < -0.4 is 10.3 Å². The summed E-state index contributed by atoms with van der Waals surface area (Å²) >= 11 is 0. The van der Waals surface area contributed by atoms with Crippen molar-refractivity contribution in [2.24, 2.45) is 0 Å². The number of ether oxygens (including phenoxy) is 1. The number of esters is 1. The van der Waals surface area contributed by atoms with E-state index in [4.69, 9.17) is 4.74 Å². The Bertz CT molecular complexity index is 1120. The van der Waals surface area contributed by atoms with Crippen molar-refractivity contribution >= 4 is 17.0 Å². The van der Waals surface area contributed by atoms with Crippen LogP contribution in [0.3, 0.4) is 0 Å². The van der Waals surface area contributed by atoms with Gasteiger partial charge in [0.25, 0.3) is 5.56 Å². The molecule has 2 heterocycles. The van der Waals surface area contributed by atoms with E-state index in [0.717, 1.165) is 5.69 Å². The summed E-state index contributed by atoms with van der Waals surface area (Å²) in [4.78, 5) is 28.4. The van der Waals surface area contributed by atoms with Gasteiger partial charge in [0, 0.05) is 0 Å². The third-order valence-corrected chi connectivity index (χ3v) is 3.72. The molecule has 0 saturated heterocycles. The number of aromatic nitrogens is 6. The van der Waals surface area contributed by atoms with Gasteiger partial charge >= 0.3 is 5.97 Å². The SMILES string of the molecule is O=C(Cn1c(=O)cnc2ccccc21)Oc1ccc(-n2cnnn2)cc1. The van der Waals surface area contributed by atoms with Gasteiger partial charge in [-0.25, -0.2) is 14.5 Å². The zero-order valence-electron chi connectivity index (χ0n) is 13.4. The molecule has 0 fully saturated rings. The second-order valence-electron chi connectivity index (χ2n) is 5.39. The maximum Gasteiger partial charge on any atom is 0.331 e. The second kappa shape index (κ2) is 6.55. The van der Waals surface area contributed by atoms with Gasteiger partial charge in [-0.3, -0.25) is 9.36 Å². The normalized spacial score (nSPS) is 10.8. The molecule has 9 heteroatoms. The standard InChI is InChI=1S/C17H12N6O3/c24-16-9-18-14-3-1-2-4-15(14)22(16)10-17(25)26-13-7-5-12(6-8-13)23-11-19-20-21-23/h1-9,11H,10H2.